The lowest BCUT2D eigenvalue weighted by Gasteiger charge is -2.27. The van der Waals surface area contributed by atoms with Crippen molar-refractivity contribution in [1.82, 2.24) is 0 Å². The second kappa shape index (κ2) is 6.38. The highest BCUT2D eigenvalue weighted by molar-refractivity contribution is 7.12. The van der Waals surface area contributed by atoms with Crippen LogP contribution >= 0.6 is 23.7 Å². The molecule has 0 aliphatic carbocycles. The van der Waals surface area contributed by atoms with E-state index < -0.39 is 5.41 Å². The van der Waals surface area contributed by atoms with E-state index in [0.717, 1.165) is 11.3 Å². The zero-order valence-corrected chi connectivity index (χ0v) is 12.3. The number of carbonyl (C=O) groups is 1. The molecule has 1 aromatic rings. The monoisotopic (exact) mass is 277 g/mol. The first-order valence-corrected chi connectivity index (χ1v) is 6.17. The minimum Gasteiger partial charge on any atom is -0.469 e. The smallest absolute Gasteiger partial charge is 0.313 e. The molecule has 1 rings (SSSR count). The average molecular weight is 278 g/mol. The first-order chi connectivity index (χ1) is 7.43. The van der Waals surface area contributed by atoms with Crippen molar-refractivity contribution in [3.8, 4) is 0 Å². The molecule has 0 unspecified atom stereocenters. The second-order valence-electron chi connectivity index (χ2n) is 4.35. The molecular weight excluding hydrogens is 258 g/mol. The number of hydrogen-bond acceptors (Lipinski definition) is 4. The first-order valence-electron chi connectivity index (χ1n) is 5.36. The summed E-state index contributed by atoms with van der Waals surface area (Å²) in [5.74, 6) is -0.272. The Morgan fingerprint density at radius 2 is 2.12 bits per heavy atom. The van der Waals surface area contributed by atoms with Crippen LogP contribution in [0.15, 0.2) is 12.1 Å². The minimum absolute atomic E-state index is 0. The summed E-state index contributed by atoms with van der Waals surface area (Å²) < 4.78 is 4.78. The number of ether oxygens (including phenoxy) is 1. The fourth-order valence-corrected chi connectivity index (χ4v) is 2.64. The van der Waals surface area contributed by atoms with E-state index in [1.165, 1.54) is 12.0 Å². The highest BCUT2D eigenvalue weighted by Gasteiger charge is 2.37. The molecule has 2 N–H and O–H groups in total. The molecule has 0 radical (unpaired) electrons. The summed E-state index contributed by atoms with van der Waals surface area (Å²) in [5, 5.41) is 0. The van der Waals surface area contributed by atoms with Crippen LogP contribution < -0.4 is 5.73 Å². The highest BCUT2D eigenvalue weighted by Crippen LogP contribution is 2.35. The number of aryl methyl sites for hydroxylation is 1. The van der Waals surface area contributed by atoms with Crippen LogP contribution in [0.4, 0.5) is 0 Å². The van der Waals surface area contributed by atoms with Gasteiger partial charge in [-0.25, -0.2) is 0 Å². The number of carbonyl (C=O) groups excluding carboxylic acids is 1. The molecule has 0 fully saturated rings. The maximum atomic E-state index is 11.6. The molecule has 98 valence electrons. The zero-order chi connectivity index (χ0) is 12.3. The Morgan fingerprint density at radius 1 is 1.53 bits per heavy atom. The number of nitrogens with two attached hydrogens (primary N) is 1. The van der Waals surface area contributed by atoms with Gasteiger partial charge in [0.25, 0.3) is 0 Å². The van der Waals surface area contributed by atoms with Crippen LogP contribution in [0, 0.1) is 5.41 Å². The number of rotatable bonds is 4. The summed E-state index contributed by atoms with van der Waals surface area (Å²) >= 11 is 1.66. The first kappa shape index (κ1) is 16.4. The molecule has 0 saturated heterocycles. The third kappa shape index (κ3) is 3.44. The van der Waals surface area contributed by atoms with E-state index in [0.29, 0.717) is 0 Å². The van der Waals surface area contributed by atoms with Crippen molar-refractivity contribution >= 4 is 29.7 Å². The van der Waals surface area contributed by atoms with Crippen LogP contribution in [0.5, 0.6) is 0 Å². The van der Waals surface area contributed by atoms with Gasteiger partial charge in [0.05, 0.1) is 18.6 Å². The van der Waals surface area contributed by atoms with E-state index >= 15 is 0 Å². The van der Waals surface area contributed by atoms with Gasteiger partial charge in [-0.15, -0.1) is 23.7 Å². The predicted octanol–water partition coefficient (Wildman–Crippen LogP) is 2.93. The molecule has 1 heterocycles. The highest BCUT2D eigenvalue weighted by atomic mass is 35.5. The third-order valence-electron chi connectivity index (χ3n) is 2.83. The van der Waals surface area contributed by atoms with Gasteiger partial charge in [-0.2, -0.15) is 0 Å². The second-order valence-corrected chi connectivity index (χ2v) is 5.55. The van der Waals surface area contributed by atoms with Gasteiger partial charge in [-0.1, -0.05) is 6.92 Å². The number of halogens is 1. The molecule has 0 aromatic carbocycles. The largest absolute Gasteiger partial charge is 0.469 e. The van der Waals surface area contributed by atoms with Crippen LogP contribution in [-0.4, -0.2) is 13.1 Å². The molecule has 5 heteroatoms. The third-order valence-corrected chi connectivity index (χ3v) is 4.14. The number of thiophene rings is 1. The molecule has 1 atom stereocenters. The molecule has 0 bridgehead atoms. The summed E-state index contributed by atoms with van der Waals surface area (Å²) in [6.45, 7) is 5.73. The summed E-state index contributed by atoms with van der Waals surface area (Å²) in [6, 6.07) is 3.75. The Labute approximate surface area is 113 Å². The number of methoxy groups -OCH3 is 1. The molecule has 0 aliphatic heterocycles. The molecule has 17 heavy (non-hydrogen) atoms. The van der Waals surface area contributed by atoms with E-state index in [4.69, 9.17) is 10.5 Å². The number of esters is 1. The van der Waals surface area contributed by atoms with Gasteiger partial charge in [0.1, 0.15) is 0 Å². The summed E-state index contributed by atoms with van der Waals surface area (Å²) in [7, 11) is 1.39. The van der Waals surface area contributed by atoms with Gasteiger partial charge in [0.15, 0.2) is 0 Å². The molecule has 1 aromatic heterocycles. The maximum Gasteiger partial charge on any atom is 0.313 e. The van der Waals surface area contributed by atoms with Gasteiger partial charge < -0.3 is 10.5 Å². The Morgan fingerprint density at radius 3 is 2.53 bits per heavy atom. The van der Waals surface area contributed by atoms with Gasteiger partial charge in [0, 0.05) is 9.75 Å². The molecule has 3 nitrogen and oxygen atoms in total. The van der Waals surface area contributed by atoms with E-state index in [1.807, 2.05) is 19.9 Å². The van der Waals surface area contributed by atoms with Crippen molar-refractivity contribution in [2.75, 3.05) is 7.11 Å². The Kier molecular flexibility index (Phi) is 6.16. The van der Waals surface area contributed by atoms with Crippen molar-refractivity contribution < 1.29 is 9.53 Å². The van der Waals surface area contributed by atoms with Crippen LogP contribution in [0.3, 0.4) is 0 Å². The van der Waals surface area contributed by atoms with E-state index in [-0.39, 0.29) is 24.4 Å². The predicted molar refractivity (Wildman–Crippen MR) is 73.7 cm³/mol. The summed E-state index contributed by atoms with van der Waals surface area (Å²) in [5.41, 5.74) is 5.44. The van der Waals surface area contributed by atoms with E-state index in [2.05, 4.69) is 13.0 Å². The maximum absolute atomic E-state index is 11.6. The lowest BCUT2D eigenvalue weighted by atomic mass is 9.84. The summed E-state index contributed by atoms with van der Waals surface area (Å²) in [6.07, 6.45) is 0.996. The van der Waals surface area contributed by atoms with Gasteiger partial charge in [-0.3, -0.25) is 4.79 Å². The minimum atomic E-state index is -0.690. The Hall–Kier alpha value is -0.580. The molecule has 0 saturated carbocycles. The van der Waals surface area contributed by atoms with Gasteiger partial charge in [0.2, 0.25) is 0 Å². The van der Waals surface area contributed by atoms with E-state index in [9.17, 15) is 4.79 Å². The van der Waals surface area contributed by atoms with Crippen LogP contribution in [-0.2, 0) is 16.0 Å². The number of hydrogen-bond donors (Lipinski definition) is 1. The van der Waals surface area contributed by atoms with Crippen molar-refractivity contribution in [2.24, 2.45) is 11.1 Å². The van der Waals surface area contributed by atoms with Crippen molar-refractivity contribution in [3.05, 3.63) is 21.9 Å². The topological polar surface area (TPSA) is 52.3 Å². The van der Waals surface area contributed by atoms with Crippen LogP contribution in [0.1, 0.15) is 36.6 Å². The molecular formula is C12H20ClNO2S. The van der Waals surface area contributed by atoms with Crippen molar-refractivity contribution in [3.63, 3.8) is 0 Å². The molecule has 0 spiro atoms. The normalized spacial score (nSPS) is 12.8. The van der Waals surface area contributed by atoms with Crippen molar-refractivity contribution in [2.45, 2.75) is 33.2 Å². The molecule has 0 amide bonds. The summed E-state index contributed by atoms with van der Waals surface area (Å²) in [4.78, 5) is 13.9. The standard InChI is InChI=1S/C12H19NO2S.ClH/c1-5-8-6-7-9(16-8)10(13)12(2,3)11(14)15-4;/h6-7,10H,5,13H2,1-4H3;1H/t10-;/m0./s1. The van der Waals surface area contributed by atoms with E-state index in [1.54, 1.807) is 11.3 Å². The lowest BCUT2D eigenvalue weighted by molar-refractivity contribution is -0.152. The fraction of sp³-hybridized carbons (Fsp3) is 0.583. The quantitative estimate of drug-likeness (QED) is 0.861. The lowest BCUT2D eigenvalue weighted by Crippen LogP contribution is -2.36. The van der Waals surface area contributed by atoms with Gasteiger partial charge in [-0.05, 0) is 32.4 Å². The van der Waals surface area contributed by atoms with Crippen molar-refractivity contribution in [1.29, 1.82) is 0 Å². The Bertz CT molecular complexity index is 376. The SMILES string of the molecule is CCc1ccc([C@H](N)C(C)(C)C(=O)OC)s1.Cl. The average Bonchev–Trinajstić information content (AvgIpc) is 2.75. The van der Waals surface area contributed by atoms with Crippen LogP contribution in [0.2, 0.25) is 0 Å². The Balaban J connectivity index is 0.00000256. The fourth-order valence-electron chi connectivity index (χ4n) is 1.50. The van der Waals surface area contributed by atoms with Gasteiger partial charge >= 0.3 is 5.97 Å². The van der Waals surface area contributed by atoms with Crippen LogP contribution in [0.25, 0.3) is 0 Å². The molecule has 0 aliphatic rings. The zero-order valence-electron chi connectivity index (χ0n) is 10.6.